The molecule has 1 aromatic carbocycles. The maximum Gasteiger partial charge on any atom is 0.252 e. The highest BCUT2D eigenvalue weighted by Gasteiger charge is 2.10. The summed E-state index contributed by atoms with van der Waals surface area (Å²) in [5.74, 6) is 0.680. The van der Waals surface area contributed by atoms with E-state index in [1.165, 1.54) is 6.33 Å². The molecule has 5 nitrogen and oxygen atoms in total. The number of rotatable bonds is 4. The Bertz CT molecular complexity index is 544. The van der Waals surface area contributed by atoms with Gasteiger partial charge in [0.15, 0.2) is 0 Å². The Morgan fingerprint density at radius 2 is 2.33 bits per heavy atom. The number of hydrogen-bond acceptors (Lipinski definition) is 3. The van der Waals surface area contributed by atoms with Crippen molar-refractivity contribution in [2.45, 2.75) is 6.42 Å². The maximum atomic E-state index is 12.0. The summed E-state index contributed by atoms with van der Waals surface area (Å²) in [6.07, 6.45) is 2.09. The summed E-state index contributed by atoms with van der Waals surface area (Å²) in [6, 6.07) is 5.62. The Morgan fingerprint density at radius 1 is 1.50 bits per heavy atom. The molecule has 0 saturated heterocycles. The summed E-state index contributed by atoms with van der Waals surface area (Å²) in [6.45, 7) is 0.524. The average molecular weight is 421 g/mol. The molecule has 0 aliphatic rings. The zero-order chi connectivity index (χ0) is 13.0. The molecular formula is C11H10BrIN4O. The fourth-order valence-electron chi connectivity index (χ4n) is 1.41. The molecule has 0 aliphatic carbocycles. The molecule has 7 heteroatoms. The van der Waals surface area contributed by atoms with Crippen LogP contribution in [0.25, 0.3) is 0 Å². The molecule has 1 amide bonds. The van der Waals surface area contributed by atoms with Gasteiger partial charge in [-0.2, -0.15) is 5.10 Å². The minimum absolute atomic E-state index is 0.0831. The molecule has 18 heavy (non-hydrogen) atoms. The van der Waals surface area contributed by atoms with E-state index in [0.717, 1.165) is 13.9 Å². The Kier molecular flexibility index (Phi) is 4.70. The predicted octanol–water partition coefficient (Wildman–Crippen LogP) is 2.14. The first-order chi connectivity index (χ1) is 8.66. The monoisotopic (exact) mass is 420 g/mol. The largest absolute Gasteiger partial charge is 0.352 e. The van der Waals surface area contributed by atoms with Crippen molar-refractivity contribution in [2.24, 2.45) is 0 Å². The zero-order valence-electron chi connectivity index (χ0n) is 9.28. The first-order valence-electron chi connectivity index (χ1n) is 5.24. The number of aromatic nitrogens is 3. The number of benzene rings is 1. The summed E-state index contributed by atoms with van der Waals surface area (Å²) in [5, 5.41) is 9.35. The van der Waals surface area contributed by atoms with Gasteiger partial charge in [0.2, 0.25) is 0 Å². The van der Waals surface area contributed by atoms with E-state index in [1.807, 2.05) is 18.2 Å². The molecule has 0 fully saturated rings. The van der Waals surface area contributed by atoms with Gasteiger partial charge in [0.25, 0.3) is 5.91 Å². The first-order valence-corrected chi connectivity index (χ1v) is 7.11. The molecule has 0 unspecified atom stereocenters. The minimum atomic E-state index is -0.0831. The first kappa shape index (κ1) is 13.5. The lowest BCUT2D eigenvalue weighted by Gasteiger charge is -2.06. The van der Waals surface area contributed by atoms with E-state index >= 15 is 0 Å². The fraction of sp³-hybridized carbons (Fsp3) is 0.182. The van der Waals surface area contributed by atoms with Crippen LogP contribution in [0.3, 0.4) is 0 Å². The fourth-order valence-corrected chi connectivity index (χ4v) is 2.35. The van der Waals surface area contributed by atoms with E-state index < -0.39 is 0 Å². The van der Waals surface area contributed by atoms with Crippen molar-refractivity contribution in [1.82, 2.24) is 20.5 Å². The number of nitrogens with one attached hydrogen (secondary N) is 2. The quantitative estimate of drug-likeness (QED) is 0.744. The molecule has 94 valence electrons. The van der Waals surface area contributed by atoms with E-state index in [2.05, 4.69) is 59.0 Å². The molecule has 0 bridgehead atoms. The number of halogens is 2. The SMILES string of the molecule is O=C(NCCc1ncn[nH]1)c1cc(Br)ccc1I. The standard InChI is InChI=1S/C11H10BrIN4O/c12-7-1-2-9(13)8(5-7)11(18)14-4-3-10-15-6-16-17-10/h1-2,5-6H,3-4H2,(H,14,18)(H,15,16,17). The van der Waals surface area contributed by atoms with Crippen molar-refractivity contribution in [3.8, 4) is 0 Å². The molecule has 2 aromatic rings. The maximum absolute atomic E-state index is 12.0. The summed E-state index contributed by atoms with van der Waals surface area (Å²) < 4.78 is 1.82. The van der Waals surface area contributed by atoms with Crippen LogP contribution in [0.1, 0.15) is 16.2 Å². The summed E-state index contributed by atoms with van der Waals surface area (Å²) in [5.41, 5.74) is 0.669. The third-order valence-electron chi connectivity index (χ3n) is 2.29. The van der Waals surface area contributed by atoms with Gasteiger partial charge in [-0.3, -0.25) is 9.89 Å². The molecule has 1 aromatic heterocycles. The molecule has 2 N–H and O–H groups in total. The highest BCUT2D eigenvalue weighted by molar-refractivity contribution is 14.1. The minimum Gasteiger partial charge on any atom is -0.352 e. The lowest BCUT2D eigenvalue weighted by Crippen LogP contribution is -2.26. The van der Waals surface area contributed by atoms with Crippen LogP contribution >= 0.6 is 38.5 Å². The number of H-pyrrole nitrogens is 1. The molecule has 1 heterocycles. The van der Waals surface area contributed by atoms with Gasteiger partial charge in [0.1, 0.15) is 12.2 Å². The predicted molar refractivity (Wildman–Crippen MR) is 79.3 cm³/mol. The van der Waals surface area contributed by atoms with Gasteiger partial charge >= 0.3 is 0 Å². The number of amides is 1. The normalized spacial score (nSPS) is 10.3. The average Bonchev–Trinajstić information content (AvgIpc) is 2.85. The summed E-state index contributed by atoms with van der Waals surface area (Å²) in [7, 11) is 0. The van der Waals surface area contributed by atoms with Crippen molar-refractivity contribution in [2.75, 3.05) is 6.54 Å². The topological polar surface area (TPSA) is 70.7 Å². The number of nitrogens with zero attached hydrogens (tertiary/aromatic N) is 2. The van der Waals surface area contributed by atoms with Crippen LogP contribution in [0.2, 0.25) is 0 Å². The van der Waals surface area contributed by atoms with Crippen molar-refractivity contribution in [3.63, 3.8) is 0 Å². The Labute approximate surface area is 126 Å². The molecule has 0 spiro atoms. The Morgan fingerprint density at radius 3 is 3.06 bits per heavy atom. The van der Waals surface area contributed by atoms with Gasteiger partial charge in [0, 0.05) is 21.0 Å². The van der Waals surface area contributed by atoms with Crippen LogP contribution in [0, 0.1) is 3.57 Å². The van der Waals surface area contributed by atoms with Crippen molar-refractivity contribution >= 4 is 44.4 Å². The number of hydrogen-bond donors (Lipinski definition) is 2. The van der Waals surface area contributed by atoms with Gasteiger partial charge in [0.05, 0.1) is 5.56 Å². The van der Waals surface area contributed by atoms with Crippen LogP contribution < -0.4 is 5.32 Å². The van der Waals surface area contributed by atoms with Gasteiger partial charge in [-0.1, -0.05) is 15.9 Å². The van der Waals surface area contributed by atoms with Gasteiger partial charge in [-0.15, -0.1) is 0 Å². The molecule has 2 rings (SSSR count). The Hall–Kier alpha value is -0.960. The van der Waals surface area contributed by atoms with Gasteiger partial charge in [-0.25, -0.2) is 4.98 Å². The van der Waals surface area contributed by atoms with E-state index in [-0.39, 0.29) is 5.91 Å². The summed E-state index contributed by atoms with van der Waals surface area (Å²) >= 11 is 5.50. The zero-order valence-corrected chi connectivity index (χ0v) is 13.0. The number of carbonyl (C=O) groups is 1. The molecule has 0 radical (unpaired) electrons. The van der Waals surface area contributed by atoms with Crippen molar-refractivity contribution < 1.29 is 4.79 Å². The lowest BCUT2D eigenvalue weighted by molar-refractivity contribution is 0.0953. The van der Waals surface area contributed by atoms with Crippen LogP contribution in [0.5, 0.6) is 0 Å². The molecule has 0 saturated carbocycles. The smallest absolute Gasteiger partial charge is 0.252 e. The molecule has 0 aliphatic heterocycles. The second-order valence-electron chi connectivity index (χ2n) is 3.56. The summed E-state index contributed by atoms with van der Waals surface area (Å²) in [4.78, 5) is 16.0. The number of carbonyl (C=O) groups excluding carboxylic acids is 1. The van der Waals surface area contributed by atoms with Crippen molar-refractivity contribution in [1.29, 1.82) is 0 Å². The lowest BCUT2D eigenvalue weighted by atomic mass is 10.2. The number of aromatic amines is 1. The Balaban J connectivity index is 1.93. The third kappa shape index (κ3) is 3.52. The van der Waals surface area contributed by atoms with E-state index in [0.29, 0.717) is 18.5 Å². The third-order valence-corrected chi connectivity index (χ3v) is 3.72. The van der Waals surface area contributed by atoms with Gasteiger partial charge < -0.3 is 5.32 Å². The van der Waals surface area contributed by atoms with Crippen LogP contribution in [-0.2, 0) is 6.42 Å². The van der Waals surface area contributed by atoms with Gasteiger partial charge in [-0.05, 0) is 40.8 Å². The molecular weight excluding hydrogens is 411 g/mol. The van der Waals surface area contributed by atoms with E-state index in [1.54, 1.807) is 0 Å². The molecule has 0 atom stereocenters. The van der Waals surface area contributed by atoms with Crippen molar-refractivity contribution in [3.05, 3.63) is 44.0 Å². The highest BCUT2D eigenvalue weighted by atomic mass is 127. The van der Waals surface area contributed by atoms with E-state index in [4.69, 9.17) is 0 Å². The van der Waals surface area contributed by atoms with E-state index in [9.17, 15) is 4.79 Å². The highest BCUT2D eigenvalue weighted by Crippen LogP contribution is 2.18. The second-order valence-corrected chi connectivity index (χ2v) is 5.64. The van der Waals surface area contributed by atoms with Crippen LogP contribution in [-0.4, -0.2) is 27.6 Å². The van der Waals surface area contributed by atoms with Crippen LogP contribution in [0.15, 0.2) is 29.0 Å². The van der Waals surface area contributed by atoms with Crippen LogP contribution in [0.4, 0.5) is 0 Å². The second kappa shape index (κ2) is 6.28.